The predicted octanol–water partition coefficient (Wildman–Crippen LogP) is 3.16. The molecule has 1 amide bonds. The first-order valence-corrected chi connectivity index (χ1v) is 7.41. The highest BCUT2D eigenvalue weighted by Crippen LogP contribution is 2.35. The number of nitrogens with two attached hydrogens (primary N) is 1. The van der Waals surface area contributed by atoms with Crippen molar-refractivity contribution in [2.75, 3.05) is 5.73 Å². The van der Waals surface area contributed by atoms with E-state index in [4.69, 9.17) is 10.3 Å². The molecular weight excluding hydrogens is 342 g/mol. The molecule has 20 heavy (non-hydrogen) atoms. The zero-order valence-corrected chi connectivity index (χ0v) is 12.6. The van der Waals surface area contributed by atoms with Crippen LogP contribution in [0.3, 0.4) is 0 Å². The number of rotatable bonds is 3. The summed E-state index contributed by atoms with van der Waals surface area (Å²) in [5.74, 6) is 0.386. The van der Waals surface area contributed by atoms with Crippen molar-refractivity contribution in [1.82, 2.24) is 10.5 Å². The molecule has 5 nitrogen and oxygen atoms in total. The molecule has 1 aromatic carbocycles. The van der Waals surface area contributed by atoms with E-state index in [-0.39, 0.29) is 12.5 Å². The van der Waals surface area contributed by atoms with Crippen LogP contribution in [0.2, 0.25) is 0 Å². The molecule has 0 spiro atoms. The van der Waals surface area contributed by atoms with Crippen LogP contribution in [0, 0.1) is 0 Å². The van der Waals surface area contributed by atoms with Gasteiger partial charge in [0, 0.05) is 20.6 Å². The number of nitrogen functional groups attached to an aromatic ring is 1. The lowest BCUT2D eigenvalue weighted by atomic mass is 10.2. The molecule has 3 aromatic rings. The summed E-state index contributed by atoms with van der Waals surface area (Å²) in [7, 11) is 0. The molecule has 0 aliphatic heterocycles. The first-order valence-electron chi connectivity index (χ1n) is 5.80. The van der Waals surface area contributed by atoms with Crippen LogP contribution in [0.5, 0.6) is 0 Å². The first-order chi connectivity index (χ1) is 9.65. The lowest BCUT2D eigenvalue weighted by molar-refractivity contribution is 0.0952. The molecule has 0 bridgehead atoms. The Balaban J connectivity index is 1.85. The highest BCUT2D eigenvalue weighted by atomic mass is 79.9. The Morgan fingerprint density at radius 2 is 2.30 bits per heavy atom. The molecule has 2 heterocycles. The summed E-state index contributed by atoms with van der Waals surface area (Å²) in [6.45, 7) is 0.288. The van der Waals surface area contributed by atoms with Gasteiger partial charge >= 0.3 is 0 Å². The number of nitrogens with zero attached hydrogens (tertiary/aromatic N) is 1. The standard InChI is InChI=1S/C13H10BrN3O2S/c14-7-1-2-9-10(5-7)20-12(11(9)15)13(18)16-6-8-3-4-17-19-8/h1-5H,6,15H2,(H,16,18). The molecule has 0 saturated carbocycles. The SMILES string of the molecule is Nc1c(C(=O)NCc2ccno2)sc2cc(Br)ccc12. The summed E-state index contributed by atoms with van der Waals surface area (Å²) < 4.78 is 6.86. The lowest BCUT2D eigenvalue weighted by Gasteiger charge is -2.01. The maximum atomic E-state index is 12.2. The van der Waals surface area contributed by atoms with E-state index in [0.717, 1.165) is 14.6 Å². The highest BCUT2D eigenvalue weighted by molar-refractivity contribution is 9.10. The predicted molar refractivity (Wildman–Crippen MR) is 81.6 cm³/mol. The Morgan fingerprint density at radius 1 is 1.45 bits per heavy atom. The number of carbonyl (C=O) groups excluding carboxylic acids is 1. The average Bonchev–Trinajstić information content (AvgIpc) is 3.04. The number of nitrogens with one attached hydrogen (secondary N) is 1. The van der Waals surface area contributed by atoms with Gasteiger partial charge in [-0.3, -0.25) is 4.79 Å². The van der Waals surface area contributed by atoms with Gasteiger partial charge in [0.15, 0.2) is 5.76 Å². The molecule has 0 atom stereocenters. The normalized spacial score (nSPS) is 10.8. The minimum atomic E-state index is -0.212. The minimum absolute atomic E-state index is 0.212. The van der Waals surface area contributed by atoms with Crippen molar-refractivity contribution in [3.8, 4) is 0 Å². The number of carbonyl (C=O) groups is 1. The van der Waals surface area contributed by atoms with Crippen molar-refractivity contribution in [3.05, 3.63) is 45.6 Å². The van der Waals surface area contributed by atoms with E-state index in [1.54, 1.807) is 6.07 Å². The summed E-state index contributed by atoms with van der Waals surface area (Å²) in [4.78, 5) is 12.7. The van der Waals surface area contributed by atoms with E-state index in [1.165, 1.54) is 17.5 Å². The highest BCUT2D eigenvalue weighted by Gasteiger charge is 2.16. The quantitative estimate of drug-likeness (QED) is 0.759. The summed E-state index contributed by atoms with van der Waals surface area (Å²) >= 11 is 4.78. The monoisotopic (exact) mass is 351 g/mol. The van der Waals surface area contributed by atoms with Crippen LogP contribution in [0.1, 0.15) is 15.4 Å². The van der Waals surface area contributed by atoms with Gasteiger partial charge in [0.2, 0.25) is 0 Å². The summed E-state index contributed by atoms with van der Waals surface area (Å²) in [5, 5.41) is 7.24. The van der Waals surface area contributed by atoms with Gasteiger partial charge in [0.1, 0.15) is 4.88 Å². The zero-order chi connectivity index (χ0) is 14.1. The maximum absolute atomic E-state index is 12.2. The van der Waals surface area contributed by atoms with E-state index in [1.807, 2.05) is 18.2 Å². The Labute approximate surface area is 126 Å². The van der Waals surface area contributed by atoms with Crippen molar-refractivity contribution < 1.29 is 9.32 Å². The lowest BCUT2D eigenvalue weighted by Crippen LogP contribution is -2.22. The summed E-state index contributed by atoms with van der Waals surface area (Å²) in [5.41, 5.74) is 6.54. The summed E-state index contributed by atoms with van der Waals surface area (Å²) in [6.07, 6.45) is 1.53. The molecule has 3 N–H and O–H groups in total. The maximum Gasteiger partial charge on any atom is 0.263 e. The van der Waals surface area contributed by atoms with Crippen molar-refractivity contribution in [2.45, 2.75) is 6.54 Å². The fourth-order valence-electron chi connectivity index (χ4n) is 1.84. The smallest absolute Gasteiger partial charge is 0.263 e. The van der Waals surface area contributed by atoms with E-state index in [9.17, 15) is 4.79 Å². The molecule has 3 rings (SSSR count). The third-order valence-electron chi connectivity index (χ3n) is 2.81. The minimum Gasteiger partial charge on any atom is -0.397 e. The van der Waals surface area contributed by atoms with Crippen molar-refractivity contribution in [2.24, 2.45) is 0 Å². The van der Waals surface area contributed by atoms with E-state index >= 15 is 0 Å². The fourth-order valence-corrected chi connectivity index (χ4v) is 3.43. The molecule has 0 unspecified atom stereocenters. The molecule has 7 heteroatoms. The van der Waals surface area contributed by atoms with Crippen LogP contribution in [0.4, 0.5) is 5.69 Å². The number of amides is 1. The van der Waals surface area contributed by atoms with Crippen molar-refractivity contribution in [1.29, 1.82) is 0 Å². The van der Waals surface area contributed by atoms with Gasteiger partial charge < -0.3 is 15.6 Å². The molecule has 0 radical (unpaired) electrons. The number of thiophene rings is 1. The number of halogens is 1. The number of hydrogen-bond acceptors (Lipinski definition) is 5. The van der Waals surface area contributed by atoms with Crippen molar-refractivity contribution >= 4 is 48.9 Å². The molecule has 0 fully saturated rings. The summed E-state index contributed by atoms with van der Waals surface area (Å²) in [6, 6.07) is 7.45. The van der Waals surface area contributed by atoms with Crippen LogP contribution in [-0.4, -0.2) is 11.1 Å². The van der Waals surface area contributed by atoms with Gasteiger partial charge in [-0.1, -0.05) is 27.2 Å². The van der Waals surface area contributed by atoms with Crippen LogP contribution in [0.25, 0.3) is 10.1 Å². The van der Waals surface area contributed by atoms with Gasteiger partial charge in [-0.25, -0.2) is 0 Å². The van der Waals surface area contributed by atoms with Crippen LogP contribution < -0.4 is 11.1 Å². The second-order valence-corrected chi connectivity index (χ2v) is 6.11. The second-order valence-electron chi connectivity index (χ2n) is 4.15. The third kappa shape index (κ3) is 2.41. The molecule has 102 valence electrons. The Kier molecular flexibility index (Phi) is 3.45. The fraction of sp³-hybridized carbons (Fsp3) is 0.0769. The van der Waals surface area contributed by atoms with Gasteiger partial charge in [0.05, 0.1) is 18.4 Å². The molecule has 2 aromatic heterocycles. The average molecular weight is 352 g/mol. The first kappa shape index (κ1) is 13.1. The Bertz CT molecular complexity index is 767. The van der Waals surface area contributed by atoms with E-state index in [0.29, 0.717) is 16.3 Å². The third-order valence-corrected chi connectivity index (χ3v) is 4.47. The van der Waals surface area contributed by atoms with Gasteiger partial charge in [-0.15, -0.1) is 11.3 Å². The van der Waals surface area contributed by atoms with Gasteiger partial charge in [-0.2, -0.15) is 0 Å². The van der Waals surface area contributed by atoms with Gasteiger partial charge in [-0.05, 0) is 12.1 Å². The zero-order valence-electron chi connectivity index (χ0n) is 10.2. The van der Waals surface area contributed by atoms with Crippen molar-refractivity contribution in [3.63, 3.8) is 0 Å². The van der Waals surface area contributed by atoms with E-state index < -0.39 is 0 Å². The molecular formula is C13H10BrN3O2S. The van der Waals surface area contributed by atoms with Crippen LogP contribution >= 0.6 is 27.3 Å². The van der Waals surface area contributed by atoms with Crippen LogP contribution in [0.15, 0.2) is 39.5 Å². The topological polar surface area (TPSA) is 81.2 Å². The Morgan fingerprint density at radius 3 is 3.05 bits per heavy atom. The van der Waals surface area contributed by atoms with E-state index in [2.05, 4.69) is 26.4 Å². The second kappa shape index (κ2) is 5.26. The molecule has 0 aliphatic rings. The number of aromatic nitrogens is 1. The number of hydrogen-bond donors (Lipinski definition) is 2. The number of fused-ring (bicyclic) bond motifs is 1. The number of anilines is 1. The molecule has 0 aliphatic carbocycles. The number of benzene rings is 1. The molecule has 0 saturated heterocycles. The largest absolute Gasteiger partial charge is 0.397 e. The Hall–Kier alpha value is -1.86. The van der Waals surface area contributed by atoms with Gasteiger partial charge in [0.25, 0.3) is 5.91 Å². The van der Waals surface area contributed by atoms with Crippen LogP contribution in [-0.2, 0) is 6.54 Å².